The maximum absolute atomic E-state index is 11.8. The topological polar surface area (TPSA) is 77.7 Å². The number of methoxy groups -OCH3 is 2. The third-order valence-corrected chi connectivity index (χ3v) is 3.54. The fourth-order valence-corrected chi connectivity index (χ4v) is 2.30. The molecule has 0 aromatic carbocycles. The molecule has 0 fully saturated rings. The molecule has 6 nitrogen and oxygen atoms in total. The third-order valence-electron chi connectivity index (χ3n) is 3.54. The molecular weight excluding hydrogens is 270 g/mol. The molecule has 1 aromatic rings. The van der Waals surface area contributed by atoms with Crippen molar-refractivity contribution in [2.45, 2.75) is 32.7 Å². The molecule has 21 heavy (non-hydrogen) atoms. The largest absolute Gasteiger partial charge is 0.465 e. The first-order chi connectivity index (χ1) is 10.1. The molecule has 0 radical (unpaired) electrons. The number of hydrogen-bond acceptors (Lipinski definition) is 6. The van der Waals surface area contributed by atoms with E-state index in [0.717, 1.165) is 18.7 Å². The van der Waals surface area contributed by atoms with Crippen molar-refractivity contribution in [2.75, 3.05) is 38.0 Å². The summed E-state index contributed by atoms with van der Waals surface area (Å²) in [5.74, 6) is 0.266. The van der Waals surface area contributed by atoms with E-state index in [-0.39, 0.29) is 0 Å². The summed E-state index contributed by atoms with van der Waals surface area (Å²) >= 11 is 0. The molecule has 0 bridgehead atoms. The van der Waals surface area contributed by atoms with E-state index in [9.17, 15) is 4.79 Å². The second kappa shape index (κ2) is 8.46. The van der Waals surface area contributed by atoms with Crippen LogP contribution in [0.2, 0.25) is 0 Å². The summed E-state index contributed by atoms with van der Waals surface area (Å²) in [6.45, 7) is 5.56. The second-order valence-corrected chi connectivity index (χ2v) is 4.78. The van der Waals surface area contributed by atoms with Crippen molar-refractivity contribution < 1.29 is 14.3 Å². The van der Waals surface area contributed by atoms with Gasteiger partial charge in [-0.25, -0.2) is 9.78 Å². The van der Waals surface area contributed by atoms with Gasteiger partial charge in [-0.1, -0.05) is 13.8 Å². The van der Waals surface area contributed by atoms with E-state index < -0.39 is 5.97 Å². The van der Waals surface area contributed by atoms with Gasteiger partial charge in [-0.05, 0) is 18.9 Å². The highest BCUT2D eigenvalue weighted by atomic mass is 16.5. The van der Waals surface area contributed by atoms with Crippen molar-refractivity contribution in [3.63, 3.8) is 0 Å². The monoisotopic (exact) mass is 295 g/mol. The Balaban J connectivity index is 3.14. The van der Waals surface area contributed by atoms with Crippen molar-refractivity contribution >= 4 is 17.5 Å². The Bertz CT molecular complexity index is 461. The molecule has 6 heteroatoms. The van der Waals surface area contributed by atoms with Gasteiger partial charge in [0.05, 0.1) is 31.2 Å². The van der Waals surface area contributed by atoms with Crippen LogP contribution in [0.3, 0.4) is 0 Å². The molecule has 0 saturated heterocycles. The summed E-state index contributed by atoms with van der Waals surface area (Å²) in [6, 6.07) is 2.02. The third kappa shape index (κ3) is 4.32. The number of rotatable bonds is 8. The maximum Gasteiger partial charge on any atom is 0.340 e. The summed E-state index contributed by atoms with van der Waals surface area (Å²) < 4.78 is 9.93. The molecule has 0 aliphatic carbocycles. The first-order valence-corrected chi connectivity index (χ1v) is 7.18. The average molecular weight is 295 g/mol. The highest BCUT2D eigenvalue weighted by Gasteiger charge is 2.19. The van der Waals surface area contributed by atoms with Crippen molar-refractivity contribution in [1.82, 2.24) is 4.98 Å². The van der Waals surface area contributed by atoms with Gasteiger partial charge in [-0.3, -0.25) is 0 Å². The van der Waals surface area contributed by atoms with E-state index in [1.165, 1.54) is 13.3 Å². The van der Waals surface area contributed by atoms with Gasteiger partial charge < -0.3 is 20.1 Å². The van der Waals surface area contributed by atoms with Crippen LogP contribution in [-0.4, -0.2) is 44.4 Å². The molecule has 0 unspecified atom stereocenters. The molecule has 1 heterocycles. The smallest absolute Gasteiger partial charge is 0.340 e. The molecule has 118 valence electrons. The van der Waals surface area contributed by atoms with E-state index in [2.05, 4.69) is 23.7 Å². The lowest BCUT2D eigenvalue weighted by molar-refractivity contribution is 0.0602. The number of nitrogens with two attached hydrogens (primary N) is 1. The predicted octanol–water partition coefficient (Wildman–Crippen LogP) is 2.09. The van der Waals surface area contributed by atoms with E-state index in [1.54, 1.807) is 13.2 Å². The summed E-state index contributed by atoms with van der Waals surface area (Å²) in [4.78, 5) is 18.3. The Labute approximate surface area is 126 Å². The Hall–Kier alpha value is -1.82. The fraction of sp³-hybridized carbons (Fsp3) is 0.600. The predicted molar refractivity (Wildman–Crippen MR) is 83.6 cm³/mol. The van der Waals surface area contributed by atoms with E-state index in [4.69, 9.17) is 15.2 Å². The highest BCUT2D eigenvalue weighted by Crippen LogP contribution is 2.22. The van der Waals surface area contributed by atoms with Crippen molar-refractivity contribution in [3.05, 3.63) is 17.8 Å². The van der Waals surface area contributed by atoms with Gasteiger partial charge in [0.25, 0.3) is 0 Å². The molecule has 0 saturated carbocycles. The fourth-order valence-electron chi connectivity index (χ4n) is 2.30. The summed E-state index contributed by atoms with van der Waals surface area (Å²) in [7, 11) is 3.01. The lowest BCUT2D eigenvalue weighted by Gasteiger charge is -2.31. The zero-order valence-electron chi connectivity index (χ0n) is 13.3. The number of carbonyl (C=O) groups is 1. The minimum absolute atomic E-state index is 0.321. The molecular formula is C15H25N3O3. The van der Waals surface area contributed by atoms with E-state index >= 15 is 0 Å². The van der Waals surface area contributed by atoms with Gasteiger partial charge in [0.1, 0.15) is 5.82 Å². The van der Waals surface area contributed by atoms with Crippen molar-refractivity contribution in [3.8, 4) is 0 Å². The van der Waals surface area contributed by atoms with Gasteiger partial charge in [-0.15, -0.1) is 0 Å². The quantitative estimate of drug-likeness (QED) is 0.740. The molecule has 0 aliphatic rings. The number of esters is 1. The van der Waals surface area contributed by atoms with Crippen molar-refractivity contribution in [2.24, 2.45) is 0 Å². The minimum atomic E-state index is -0.451. The van der Waals surface area contributed by atoms with Crippen LogP contribution >= 0.6 is 0 Å². The summed E-state index contributed by atoms with van der Waals surface area (Å²) in [5.41, 5.74) is 6.47. The number of anilines is 2. The van der Waals surface area contributed by atoms with E-state index in [0.29, 0.717) is 30.4 Å². The van der Waals surface area contributed by atoms with Crippen LogP contribution in [0.4, 0.5) is 11.5 Å². The van der Waals surface area contributed by atoms with Gasteiger partial charge in [0.2, 0.25) is 0 Å². The van der Waals surface area contributed by atoms with Gasteiger partial charge in [-0.2, -0.15) is 0 Å². The standard InChI is InChI=1S/C15H25N3O3/c1-5-11(6-2)18(7-8-20-3)14-9-12(15(19)21-4)13(16)10-17-14/h9-11H,5-8,16H2,1-4H3. The number of nitrogens with zero attached hydrogens (tertiary/aromatic N) is 2. The Morgan fingerprint density at radius 1 is 1.38 bits per heavy atom. The van der Waals surface area contributed by atoms with Gasteiger partial charge in [0.15, 0.2) is 0 Å². The molecule has 1 aromatic heterocycles. The number of nitrogen functional groups attached to an aromatic ring is 1. The number of carbonyl (C=O) groups excluding carboxylic acids is 1. The molecule has 0 spiro atoms. The van der Waals surface area contributed by atoms with Crippen LogP contribution in [0.15, 0.2) is 12.3 Å². The molecule has 0 atom stereocenters. The second-order valence-electron chi connectivity index (χ2n) is 4.78. The van der Waals surface area contributed by atoms with Crippen LogP contribution in [0.25, 0.3) is 0 Å². The van der Waals surface area contributed by atoms with Crippen LogP contribution in [0.1, 0.15) is 37.0 Å². The normalized spacial score (nSPS) is 10.7. The van der Waals surface area contributed by atoms with Gasteiger partial charge in [0, 0.05) is 19.7 Å². The minimum Gasteiger partial charge on any atom is -0.465 e. The first-order valence-electron chi connectivity index (χ1n) is 7.18. The number of aromatic nitrogens is 1. The Morgan fingerprint density at radius 3 is 2.57 bits per heavy atom. The number of ether oxygens (including phenoxy) is 2. The SMILES string of the molecule is CCC(CC)N(CCOC)c1cc(C(=O)OC)c(N)cn1. The van der Waals surface area contributed by atoms with E-state index in [1.807, 2.05) is 0 Å². The summed E-state index contributed by atoms with van der Waals surface area (Å²) in [6.07, 6.45) is 3.48. The van der Waals surface area contributed by atoms with Crippen LogP contribution in [0, 0.1) is 0 Å². The molecule has 1 rings (SSSR count). The zero-order chi connectivity index (χ0) is 15.8. The maximum atomic E-state index is 11.8. The number of hydrogen-bond donors (Lipinski definition) is 1. The zero-order valence-corrected chi connectivity index (χ0v) is 13.3. The summed E-state index contributed by atoms with van der Waals surface area (Å²) in [5, 5.41) is 0. The lowest BCUT2D eigenvalue weighted by atomic mass is 10.1. The van der Waals surface area contributed by atoms with Crippen LogP contribution < -0.4 is 10.6 Å². The first kappa shape index (κ1) is 17.2. The van der Waals surface area contributed by atoms with Crippen LogP contribution in [0.5, 0.6) is 0 Å². The van der Waals surface area contributed by atoms with Gasteiger partial charge >= 0.3 is 5.97 Å². The molecule has 2 N–H and O–H groups in total. The van der Waals surface area contributed by atoms with Crippen LogP contribution in [-0.2, 0) is 9.47 Å². The number of pyridine rings is 1. The molecule has 0 amide bonds. The van der Waals surface area contributed by atoms with Crippen molar-refractivity contribution in [1.29, 1.82) is 0 Å². The Kier molecular flexibility index (Phi) is 6.94. The molecule has 0 aliphatic heterocycles. The lowest BCUT2D eigenvalue weighted by Crippen LogP contribution is -2.37. The highest BCUT2D eigenvalue weighted by molar-refractivity contribution is 5.95. The Morgan fingerprint density at radius 2 is 2.05 bits per heavy atom. The average Bonchev–Trinajstić information content (AvgIpc) is 2.51.